The van der Waals surface area contributed by atoms with Crippen LogP contribution in [0.5, 0.6) is 0 Å². The summed E-state index contributed by atoms with van der Waals surface area (Å²) in [7, 11) is 0. The lowest BCUT2D eigenvalue weighted by Crippen LogP contribution is -1.98. The largest absolute Gasteiger partial charge is 0.478 e. The van der Waals surface area contributed by atoms with E-state index in [0.29, 0.717) is 6.54 Å². The molecule has 2 N–H and O–H groups in total. The van der Waals surface area contributed by atoms with E-state index in [9.17, 15) is 4.79 Å². The third kappa shape index (κ3) is 2.58. The number of aromatic amines is 1. The van der Waals surface area contributed by atoms with Gasteiger partial charge in [-0.2, -0.15) is 0 Å². The van der Waals surface area contributed by atoms with Crippen LogP contribution in [-0.2, 0) is 11.3 Å². The molecule has 0 saturated heterocycles. The summed E-state index contributed by atoms with van der Waals surface area (Å²) in [5.74, 6) is -0.949. The molecular formula is C16H15N3O2. The maximum Gasteiger partial charge on any atom is 0.328 e. The summed E-state index contributed by atoms with van der Waals surface area (Å²) in [4.78, 5) is 18.2. The lowest BCUT2D eigenvalue weighted by atomic mass is 10.0. The number of imidazole rings is 1. The molecule has 0 atom stereocenters. The smallest absolute Gasteiger partial charge is 0.328 e. The van der Waals surface area contributed by atoms with Crippen molar-refractivity contribution in [2.45, 2.75) is 13.5 Å². The SMILES string of the molecule is Cc1[nH]c2cccc(C=CC(=O)O)c2c1Cn1ccnc1. The zero-order valence-corrected chi connectivity index (χ0v) is 11.6. The average Bonchev–Trinajstić information content (AvgIpc) is 3.06. The third-order valence-electron chi connectivity index (χ3n) is 3.48. The van der Waals surface area contributed by atoms with Crippen LogP contribution in [0.3, 0.4) is 0 Å². The Morgan fingerprint density at radius 2 is 2.33 bits per heavy atom. The molecule has 0 bridgehead atoms. The van der Waals surface area contributed by atoms with Gasteiger partial charge in [-0.05, 0) is 24.6 Å². The van der Waals surface area contributed by atoms with E-state index in [0.717, 1.165) is 33.8 Å². The summed E-state index contributed by atoms with van der Waals surface area (Å²) in [6.07, 6.45) is 8.23. The first-order valence-corrected chi connectivity index (χ1v) is 6.62. The fourth-order valence-corrected chi connectivity index (χ4v) is 2.54. The first kappa shape index (κ1) is 13.2. The van der Waals surface area contributed by atoms with Gasteiger partial charge in [0.25, 0.3) is 0 Å². The number of H-pyrrole nitrogens is 1. The number of rotatable bonds is 4. The summed E-state index contributed by atoms with van der Waals surface area (Å²) in [6, 6.07) is 5.84. The van der Waals surface area contributed by atoms with Gasteiger partial charge in [-0.1, -0.05) is 12.1 Å². The summed E-state index contributed by atoms with van der Waals surface area (Å²) in [5.41, 5.74) is 4.13. The number of fused-ring (bicyclic) bond motifs is 1. The summed E-state index contributed by atoms with van der Waals surface area (Å²) < 4.78 is 1.99. The number of carboxylic acid groups (broad SMARTS) is 1. The Balaban J connectivity index is 2.14. The Hall–Kier alpha value is -2.82. The average molecular weight is 281 g/mol. The van der Waals surface area contributed by atoms with E-state index in [1.165, 1.54) is 0 Å². The molecule has 0 radical (unpaired) electrons. The highest BCUT2D eigenvalue weighted by atomic mass is 16.4. The molecule has 106 valence electrons. The van der Waals surface area contributed by atoms with Gasteiger partial charge in [-0.3, -0.25) is 0 Å². The highest BCUT2D eigenvalue weighted by Gasteiger charge is 2.11. The summed E-state index contributed by atoms with van der Waals surface area (Å²) in [5, 5.41) is 9.88. The zero-order chi connectivity index (χ0) is 14.8. The molecule has 3 aromatic rings. The minimum absolute atomic E-state index is 0.698. The first-order chi connectivity index (χ1) is 10.1. The summed E-state index contributed by atoms with van der Waals surface area (Å²) in [6.45, 7) is 2.72. The van der Waals surface area contributed by atoms with E-state index < -0.39 is 5.97 Å². The highest BCUT2D eigenvalue weighted by Crippen LogP contribution is 2.27. The van der Waals surface area contributed by atoms with E-state index in [-0.39, 0.29) is 0 Å². The van der Waals surface area contributed by atoms with Crippen LogP contribution in [0.2, 0.25) is 0 Å². The summed E-state index contributed by atoms with van der Waals surface area (Å²) >= 11 is 0. The monoisotopic (exact) mass is 281 g/mol. The predicted octanol–water partition coefficient (Wildman–Crippen LogP) is 2.82. The standard InChI is InChI=1S/C16H15N3O2/c1-11-13(9-19-8-7-17-10-19)16-12(5-6-15(20)21)3-2-4-14(16)18-11/h2-8,10,18H,9H2,1H3,(H,20,21). The second-order valence-electron chi connectivity index (χ2n) is 4.90. The van der Waals surface area contributed by atoms with E-state index in [2.05, 4.69) is 9.97 Å². The molecule has 0 aliphatic heterocycles. The van der Waals surface area contributed by atoms with Gasteiger partial charge in [0.05, 0.1) is 12.9 Å². The molecule has 21 heavy (non-hydrogen) atoms. The number of carbonyl (C=O) groups is 1. The Kier molecular flexibility index (Phi) is 3.31. The topological polar surface area (TPSA) is 70.9 Å². The number of hydrogen-bond donors (Lipinski definition) is 2. The minimum Gasteiger partial charge on any atom is -0.478 e. The van der Waals surface area contributed by atoms with Crippen molar-refractivity contribution in [3.8, 4) is 0 Å². The number of aliphatic carboxylic acids is 1. The van der Waals surface area contributed by atoms with Crippen LogP contribution in [-0.4, -0.2) is 25.6 Å². The molecule has 5 nitrogen and oxygen atoms in total. The number of benzene rings is 1. The Labute approximate surface area is 121 Å². The van der Waals surface area contributed by atoms with Gasteiger partial charge in [0.15, 0.2) is 0 Å². The second kappa shape index (κ2) is 5.28. The molecule has 0 unspecified atom stereocenters. The Bertz CT molecular complexity index is 814. The van der Waals surface area contributed by atoms with Gasteiger partial charge in [0, 0.05) is 40.6 Å². The van der Waals surface area contributed by atoms with E-state index in [4.69, 9.17) is 5.11 Å². The van der Waals surface area contributed by atoms with Crippen LogP contribution in [0.15, 0.2) is 43.0 Å². The first-order valence-electron chi connectivity index (χ1n) is 6.62. The Morgan fingerprint density at radius 1 is 1.48 bits per heavy atom. The quantitative estimate of drug-likeness (QED) is 0.722. The van der Waals surface area contributed by atoms with Gasteiger partial charge in [-0.25, -0.2) is 9.78 Å². The van der Waals surface area contributed by atoms with Gasteiger partial charge >= 0.3 is 5.97 Å². The lowest BCUT2D eigenvalue weighted by Gasteiger charge is -2.05. The molecule has 0 aliphatic rings. The van der Waals surface area contributed by atoms with Crippen molar-refractivity contribution in [2.24, 2.45) is 0 Å². The normalized spacial score (nSPS) is 11.5. The van der Waals surface area contributed by atoms with Crippen molar-refractivity contribution in [3.05, 3.63) is 59.8 Å². The molecule has 0 fully saturated rings. The number of nitrogens with zero attached hydrogens (tertiary/aromatic N) is 2. The molecular weight excluding hydrogens is 266 g/mol. The molecule has 1 aromatic carbocycles. The van der Waals surface area contributed by atoms with Crippen LogP contribution < -0.4 is 0 Å². The van der Waals surface area contributed by atoms with E-state index >= 15 is 0 Å². The maximum atomic E-state index is 10.7. The molecule has 2 aromatic heterocycles. The number of carboxylic acids is 1. The molecule has 0 aliphatic carbocycles. The van der Waals surface area contributed by atoms with Crippen molar-refractivity contribution in [2.75, 3.05) is 0 Å². The fourth-order valence-electron chi connectivity index (χ4n) is 2.54. The molecule has 2 heterocycles. The Morgan fingerprint density at radius 3 is 3.05 bits per heavy atom. The van der Waals surface area contributed by atoms with Crippen molar-refractivity contribution in [1.82, 2.24) is 14.5 Å². The number of nitrogens with one attached hydrogen (secondary N) is 1. The highest BCUT2D eigenvalue weighted by molar-refractivity contribution is 5.95. The fraction of sp³-hybridized carbons (Fsp3) is 0.125. The van der Waals surface area contributed by atoms with Gasteiger partial charge in [-0.15, -0.1) is 0 Å². The second-order valence-corrected chi connectivity index (χ2v) is 4.90. The minimum atomic E-state index is -0.949. The van der Waals surface area contributed by atoms with Crippen LogP contribution in [0, 0.1) is 6.92 Å². The van der Waals surface area contributed by atoms with Crippen molar-refractivity contribution in [3.63, 3.8) is 0 Å². The maximum absolute atomic E-state index is 10.7. The van der Waals surface area contributed by atoms with Crippen LogP contribution in [0.25, 0.3) is 17.0 Å². The van der Waals surface area contributed by atoms with E-state index in [1.54, 1.807) is 18.6 Å². The molecule has 0 amide bonds. The van der Waals surface area contributed by atoms with Crippen LogP contribution in [0.4, 0.5) is 0 Å². The molecule has 0 spiro atoms. The predicted molar refractivity (Wildman–Crippen MR) is 81.0 cm³/mol. The number of aryl methyl sites for hydroxylation is 1. The van der Waals surface area contributed by atoms with Crippen LogP contribution in [0.1, 0.15) is 16.8 Å². The van der Waals surface area contributed by atoms with Gasteiger partial charge in [0.2, 0.25) is 0 Å². The lowest BCUT2D eigenvalue weighted by molar-refractivity contribution is -0.131. The zero-order valence-electron chi connectivity index (χ0n) is 11.6. The van der Waals surface area contributed by atoms with Crippen molar-refractivity contribution in [1.29, 1.82) is 0 Å². The third-order valence-corrected chi connectivity index (χ3v) is 3.48. The van der Waals surface area contributed by atoms with Gasteiger partial charge < -0.3 is 14.7 Å². The number of hydrogen-bond acceptors (Lipinski definition) is 2. The molecule has 0 saturated carbocycles. The van der Waals surface area contributed by atoms with Crippen molar-refractivity contribution >= 4 is 22.9 Å². The van der Waals surface area contributed by atoms with Crippen LogP contribution >= 0.6 is 0 Å². The van der Waals surface area contributed by atoms with Gasteiger partial charge in [0.1, 0.15) is 0 Å². The molecule has 3 rings (SSSR count). The van der Waals surface area contributed by atoms with E-state index in [1.807, 2.05) is 35.9 Å². The number of aromatic nitrogens is 3. The molecule has 5 heteroatoms. The van der Waals surface area contributed by atoms with Crippen molar-refractivity contribution < 1.29 is 9.90 Å².